The average molecular weight is 292 g/mol. The van der Waals surface area contributed by atoms with Crippen LogP contribution in [0, 0.1) is 0 Å². The summed E-state index contributed by atoms with van der Waals surface area (Å²) in [6, 6.07) is 16.7. The van der Waals surface area contributed by atoms with Gasteiger partial charge in [0.25, 0.3) is 0 Å². The zero-order valence-electron chi connectivity index (χ0n) is 13.2. The van der Waals surface area contributed by atoms with E-state index in [4.69, 9.17) is 0 Å². The molecule has 0 aliphatic heterocycles. The molecule has 2 N–H and O–H groups in total. The van der Waals surface area contributed by atoms with Crippen LogP contribution < -0.4 is 10.6 Å². The van der Waals surface area contributed by atoms with Gasteiger partial charge in [0.1, 0.15) is 0 Å². The number of benzene rings is 2. The largest absolute Gasteiger partial charge is 0.370 e. The standard InChI is InChI=1S/C20H24N2/c1-4-17-10-12-18(13-11-17)14-15-21-16(3)22-20-9-7-6-8-19(20)5-2/h4-13,16,21-22H,1-2,14-15H2,3H3. The molecule has 0 amide bonds. The van der Waals surface area contributed by atoms with Crippen molar-refractivity contribution in [3.8, 4) is 0 Å². The Bertz CT molecular complexity index is 614. The van der Waals surface area contributed by atoms with Gasteiger partial charge in [-0.3, -0.25) is 5.32 Å². The SMILES string of the molecule is C=Cc1ccc(CCNC(C)Nc2ccccc2C=C)cc1. The fourth-order valence-corrected chi connectivity index (χ4v) is 2.34. The van der Waals surface area contributed by atoms with E-state index in [9.17, 15) is 0 Å². The van der Waals surface area contributed by atoms with Crippen molar-refractivity contribution in [1.29, 1.82) is 0 Å². The summed E-state index contributed by atoms with van der Waals surface area (Å²) >= 11 is 0. The van der Waals surface area contributed by atoms with Gasteiger partial charge in [-0.15, -0.1) is 0 Å². The maximum atomic E-state index is 3.85. The van der Waals surface area contributed by atoms with Crippen LogP contribution in [0.25, 0.3) is 12.2 Å². The van der Waals surface area contributed by atoms with Gasteiger partial charge >= 0.3 is 0 Å². The predicted octanol–water partition coefficient (Wildman–Crippen LogP) is 4.56. The summed E-state index contributed by atoms with van der Waals surface area (Å²) in [5.41, 5.74) is 4.72. The summed E-state index contributed by atoms with van der Waals surface area (Å²) in [5, 5.41) is 6.96. The first kappa shape index (κ1) is 16.1. The van der Waals surface area contributed by atoms with Crippen molar-refractivity contribution in [2.24, 2.45) is 0 Å². The summed E-state index contributed by atoms with van der Waals surface area (Å²) in [4.78, 5) is 0. The van der Waals surface area contributed by atoms with E-state index in [1.54, 1.807) is 0 Å². The van der Waals surface area contributed by atoms with Gasteiger partial charge in [-0.2, -0.15) is 0 Å². The molecule has 0 aromatic heterocycles. The number of rotatable bonds is 8. The molecule has 0 saturated carbocycles. The van der Waals surface area contributed by atoms with Crippen LogP contribution in [0.1, 0.15) is 23.6 Å². The smallest absolute Gasteiger partial charge is 0.0739 e. The number of anilines is 1. The molecule has 2 nitrogen and oxygen atoms in total. The third kappa shape index (κ3) is 4.61. The Morgan fingerprint density at radius 3 is 2.41 bits per heavy atom. The molecular weight excluding hydrogens is 268 g/mol. The normalized spacial score (nSPS) is 11.7. The topological polar surface area (TPSA) is 24.1 Å². The van der Waals surface area contributed by atoms with Gasteiger partial charge in [-0.1, -0.05) is 67.8 Å². The lowest BCUT2D eigenvalue weighted by atomic mass is 10.1. The molecule has 0 fully saturated rings. The Morgan fingerprint density at radius 2 is 1.73 bits per heavy atom. The fraction of sp³-hybridized carbons (Fsp3) is 0.200. The Kier molecular flexibility index (Phi) is 5.99. The van der Waals surface area contributed by atoms with Crippen LogP contribution in [0.4, 0.5) is 5.69 Å². The highest BCUT2D eigenvalue weighted by molar-refractivity contribution is 5.65. The lowest BCUT2D eigenvalue weighted by Gasteiger charge is -2.18. The molecule has 0 saturated heterocycles. The lowest BCUT2D eigenvalue weighted by Crippen LogP contribution is -2.34. The molecule has 0 aliphatic rings. The molecule has 1 atom stereocenters. The van der Waals surface area contributed by atoms with Crippen LogP contribution in [-0.2, 0) is 6.42 Å². The summed E-state index contributed by atoms with van der Waals surface area (Å²) in [6.45, 7) is 10.7. The predicted molar refractivity (Wildman–Crippen MR) is 97.9 cm³/mol. The third-order valence-electron chi connectivity index (χ3n) is 3.63. The molecule has 0 radical (unpaired) electrons. The van der Waals surface area contributed by atoms with E-state index < -0.39 is 0 Å². The van der Waals surface area contributed by atoms with E-state index in [2.05, 4.69) is 67.1 Å². The summed E-state index contributed by atoms with van der Waals surface area (Å²) in [5.74, 6) is 0. The lowest BCUT2D eigenvalue weighted by molar-refractivity contribution is 0.601. The molecule has 0 spiro atoms. The van der Waals surface area contributed by atoms with Gasteiger partial charge in [0, 0.05) is 12.2 Å². The van der Waals surface area contributed by atoms with Gasteiger partial charge < -0.3 is 5.32 Å². The monoisotopic (exact) mass is 292 g/mol. The highest BCUT2D eigenvalue weighted by atomic mass is 15.1. The second-order valence-corrected chi connectivity index (χ2v) is 5.31. The Hall–Kier alpha value is -2.32. The number of para-hydroxylation sites is 1. The highest BCUT2D eigenvalue weighted by Gasteiger charge is 2.03. The van der Waals surface area contributed by atoms with Crippen LogP contribution in [0.3, 0.4) is 0 Å². The fourth-order valence-electron chi connectivity index (χ4n) is 2.34. The van der Waals surface area contributed by atoms with Gasteiger partial charge in [0.05, 0.1) is 6.17 Å². The van der Waals surface area contributed by atoms with Crippen LogP contribution in [0.5, 0.6) is 0 Å². The van der Waals surface area contributed by atoms with E-state index in [1.807, 2.05) is 24.3 Å². The summed E-state index contributed by atoms with van der Waals surface area (Å²) in [6.07, 6.45) is 4.95. The maximum Gasteiger partial charge on any atom is 0.0739 e. The highest BCUT2D eigenvalue weighted by Crippen LogP contribution is 2.16. The molecule has 2 aromatic carbocycles. The van der Waals surface area contributed by atoms with Gasteiger partial charge in [0.2, 0.25) is 0 Å². The third-order valence-corrected chi connectivity index (χ3v) is 3.63. The quantitative estimate of drug-likeness (QED) is 0.697. The molecule has 0 aliphatic carbocycles. The molecule has 22 heavy (non-hydrogen) atoms. The maximum absolute atomic E-state index is 3.85. The summed E-state index contributed by atoms with van der Waals surface area (Å²) in [7, 11) is 0. The Morgan fingerprint density at radius 1 is 1.00 bits per heavy atom. The van der Waals surface area contributed by atoms with Crippen molar-refractivity contribution >= 4 is 17.8 Å². The first-order chi connectivity index (χ1) is 10.7. The summed E-state index contributed by atoms with van der Waals surface area (Å²) < 4.78 is 0. The van der Waals surface area contributed by atoms with Crippen molar-refractivity contribution in [2.75, 3.05) is 11.9 Å². The minimum Gasteiger partial charge on any atom is -0.370 e. The Balaban J connectivity index is 1.81. The van der Waals surface area contributed by atoms with Crippen molar-refractivity contribution in [2.45, 2.75) is 19.5 Å². The molecule has 2 aromatic rings. The van der Waals surface area contributed by atoms with Gasteiger partial charge in [-0.25, -0.2) is 0 Å². The van der Waals surface area contributed by atoms with E-state index in [-0.39, 0.29) is 6.17 Å². The van der Waals surface area contributed by atoms with E-state index in [0.29, 0.717) is 0 Å². The zero-order valence-corrected chi connectivity index (χ0v) is 13.2. The first-order valence-electron chi connectivity index (χ1n) is 7.65. The zero-order chi connectivity index (χ0) is 15.8. The molecule has 1 unspecified atom stereocenters. The minimum atomic E-state index is 0.202. The van der Waals surface area contributed by atoms with Crippen molar-refractivity contribution in [3.63, 3.8) is 0 Å². The van der Waals surface area contributed by atoms with E-state index >= 15 is 0 Å². The van der Waals surface area contributed by atoms with Gasteiger partial charge in [-0.05, 0) is 36.1 Å². The first-order valence-corrected chi connectivity index (χ1v) is 7.65. The van der Waals surface area contributed by atoms with Crippen molar-refractivity contribution < 1.29 is 0 Å². The molecule has 0 heterocycles. The van der Waals surface area contributed by atoms with E-state index in [0.717, 1.165) is 29.8 Å². The van der Waals surface area contributed by atoms with E-state index in [1.165, 1.54) is 5.56 Å². The molecule has 0 bridgehead atoms. The molecule has 2 heteroatoms. The minimum absolute atomic E-state index is 0.202. The van der Waals surface area contributed by atoms with Crippen LogP contribution in [0.2, 0.25) is 0 Å². The molecular formula is C20H24N2. The molecule has 114 valence electrons. The number of hydrogen-bond donors (Lipinski definition) is 2. The van der Waals surface area contributed by atoms with Crippen molar-refractivity contribution in [3.05, 3.63) is 78.4 Å². The van der Waals surface area contributed by atoms with Crippen molar-refractivity contribution in [1.82, 2.24) is 5.32 Å². The van der Waals surface area contributed by atoms with Crippen LogP contribution in [0.15, 0.2) is 61.7 Å². The van der Waals surface area contributed by atoms with Gasteiger partial charge in [0.15, 0.2) is 0 Å². The second kappa shape index (κ2) is 8.20. The second-order valence-electron chi connectivity index (χ2n) is 5.31. The average Bonchev–Trinajstić information content (AvgIpc) is 2.56. The Labute approximate surface area is 133 Å². The number of hydrogen-bond acceptors (Lipinski definition) is 2. The van der Waals surface area contributed by atoms with Crippen LogP contribution >= 0.6 is 0 Å². The van der Waals surface area contributed by atoms with Crippen LogP contribution in [-0.4, -0.2) is 12.7 Å². The number of nitrogens with one attached hydrogen (secondary N) is 2. The molecule has 2 rings (SSSR count).